The van der Waals surface area contributed by atoms with Crippen LogP contribution in [0.5, 0.6) is 0 Å². The van der Waals surface area contributed by atoms with Crippen molar-refractivity contribution in [3.05, 3.63) is 46.8 Å². The van der Waals surface area contributed by atoms with Crippen LogP contribution in [0.25, 0.3) is 0 Å². The number of benzene rings is 1. The molecule has 1 fully saturated rings. The van der Waals surface area contributed by atoms with E-state index in [1.165, 1.54) is 0 Å². The van der Waals surface area contributed by atoms with Crippen LogP contribution in [0.4, 0.5) is 0 Å². The highest BCUT2D eigenvalue weighted by Gasteiger charge is 2.29. The molecule has 0 spiro atoms. The Morgan fingerprint density at radius 1 is 1.29 bits per heavy atom. The summed E-state index contributed by atoms with van der Waals surface area (Å²) < 4.78 is 27.9. The summed E-state index contributed by atoms with van der Waals surface area (Å²) in [6.45, 7) is 3.80. The summed E-state index contributed by atoms with van der Waals surface area (Å²) in [7, 11) is -3.57. The Kier molecular flexibility index (Phi) is 4.46. The van der Waals surface area contributed by atoms with Crippen LogP contribution in [0.3, 0.4) is 0 Å². The van der Waals surface area contributed by atoms with Gasteiger partial charge in [-0.1, -0.05) is 25.0 Å². The summed E-state index contributed by atoms with van der Waals surface area (Å²) in [6, 6.07) is 9.01. The quantitative estimate of drug-likeness (QED) is 0.852. The normalized spacial score (nSPS) is 15.5. The van der Waals surface area contributed by atoms with E-state index in [2.05, 4.69) is 4.98 Å². The average Bonchev–Trinajstić information content (AvgIpc) is 3.16. The number of hydrogen-bond donors (Lipinski definition) is 0. The molecule has 1 heterocycles. The molecule has 1 aromatic heterocycles. The van der Waals surface area contributed by atoms with Gasteiger partial charge in [0, 0.05) is 11.7 Å². The fraction of sp³-hybridized carbons (Fsp3) is 0.444. The molecule has 5 nitrogen and oxygen atoms in total. The molecule has 0 saturated heterocycles. The van der Waals surface area contributed by atoms with Crippen LogP contribution in [0.2, 0.25) is 0 Å². The van der Waals surface area contributed by atoms with E-state index in [0.717, 1.165) is 37.1 Å². The van der Waals surface area contributed by atoms with Crippen molar-refractivity contribution >= 4 is 9.84 Å². The van der Waals surface area contributed by atoms with Crippen LogP contribution in [0, 0.1) is 25.2 Å². The third kappa shape index (κ3) is 3.09. The number of sulfone groups is 1. The molecule has 3 rings (SSSR count). The lowest BCUT2D eigenvalue weighted by molar-refractivity contribution is 0.459. The maximum absolute atomic E-state index is 13.0. The zero-order chi connectivity index (χ0) is 17.3. The van der Waals surface area contributed by atoms with E-state index in [0.29, 0.717) is 11.1 Å². The minimum absolute atomic E-state index is 0.134. The molecule has 24 heavy (non-hydrogen) atoms. The number of rotatable bonds is 4. The largest absolute Gasteiger partial charge is 0.316 e. The molecule has 0 atom stereocenters. The van der Waals surface area contributed by atoms with Crippen LogP contribution < -0.4 is 0 Å². The number of aromatic nitrogens is 2. The minimum atomic E-state index is -3.57. The fourth-order valence-electron chi connectivity index (χ4n) is 3.42. The fourth-order valence-corrected chi connectivity index (χ4v) is 5.03. The standard InChI is InChI=1S/C18H21N3O2S/c1-13-14(2)21(17-8-3-4-9-17)18(20-13)24(22,23)12-16-7-5-6-15(10-16)11-19/h5-7,10,17H,3-4,8-9,12H2,1-2H3. The monoisotopic (exact) mass is 343 g/mol. The number of nitriles is 1. The van der Waals surface area contributed by atoms with Crippen molar-refractivity contribution in [3.63, 3.8) is 0 Å². The van der Waals surface area contributed by atoms with E-state index in [9.17, 15) is 8.42 Å². The van der Waals surface area contributed by atoms with Crippen LogP contribution in [0.1, 0.15) is 54.2 Å². The highest BCUT2D eigenvalue weighted by molar-refractivity contribution is 7.90. The smallest absolute Gasteiger partial charge is 0.228 e. The molecule has 1 aliphatic carbocycles. The van der Waals surface area contributed by atoms with Gasteiger partial charge in [0.25, 0.3) is 0 Å². The van der Waals surface area contributed by atoms with Crippen LogP contribution in [-0.4, -0.2) is 18.0 Å². The molecule has 0 amide bonds. The van der Waals surface area contributed by atoms with Crippen molar-refractivity contribution in [2.75, 3.05) is 0 Å². The van der Waals surface area contributed by atoms with E-state index >= 15 is 0 Å². The zero-order valence-corrected chi connectivity index (χ0v) is 14.8. The third-order valence-electron chi connectivity index (χ3n) is 4.74. The molecule has 1 aliphatic rings. The Bertz CT molecular complexity index is 901. The lowest BCUT2D eigenvalue weighted by Gasteiger charge is -2.17. The van der Waals surface area contributed by atoms with E-state index in [1.54, 1.807) is 24.3 Å². The predicted octanol–water partition coefficient (Wildman–Crippen LogP) is 3.46. The highest BCUT2D eigenvalue weighted by Crippen LogP contribution is 2.34. The third-order valence-corrected chi connectivity index (χ3v) is 6.29. The summed E-state index contributed by atoms with van der Waals surface area (Å²) in [5.74, 6) is -0.134. The van der Waals surface area contributed by atoms with Crippen molar-refractivity contribution in [3.8, 4) is 6.07 Å². The van der Waals surface area contributed by atoms with E-state index in [4.69, 9.17) is 5.26 Å². The number of nitrogens with zero attached hydrogens (tertiary/aromatic N) is 3. The molecule has 1 saturated carbocycles. The molecule has 1 aromatic carbocycles. The molecule has 2 aromatic rings. The molecule has 0 aliphatic heterocycles. The van der Waals surface area contributed by atoms with Gasteiger partial charge < -0.3 is 4.57 Å². The lowest BCUT2D eigenvalue weighted by Crippen LogP contribution is -2.17. The first-order valence-corrected chi connectivity index (χ1v) is 9.85. The Labute approximate surface area is 142 Å². The van der Waals surface area contributed by atoms with Crippen molar-refractivity contribution in [2.45, 2.75) is 56.5 Å². The van der Waals surface area contributed by atoms with Gasteiger partial charge in [0.2, 0.25) is 15.0 Å². The number of hydrogen-bond acceptors (Lipinski definition) is 4. The number of imidazole rings is 1. The van der Waals surface area contributed by atoms with E-state index in [1.807, 2.05) is 24.5 Å². The Hall–Kier alpha value is -2.13. The second-order valence-electron chi connectivity index (χ2n) is 6.44. The van der Waals surface area contributed by atoms with Gasteiger partial charge in [-0.25, -0.2) is 13.4 Å². The maximum atomic E-state index is 13.0. The summed E-state index contributed by atoms with van der Waals surface area (Å²) in [6.07, 6.45) is 4.27. The van der Waals surface area contributed by atoms with Crippen molar-refractivity contribution in [2.24, 2.45) is 0 Å². The summed E-state index contributed by atoms with van der Waals surface area (Å²) in [4.78, 5) is 4.38. The van der Waals surface area contributed by atoms with Gasteiger partial charge in [-0.3, -0.25) is 0 Å². The molecule has 0 radical (unpaired) electrons. The van der Waals surface area contributed by atoms with Crippen LogP contribution in [-0.2, 0) is 15.6 Å². The minimum Gasteiger partial charge on any atom is -0.316 e. The van der Waals surface area contributed by atoms with Crippen molar-refractivity contribution < 1.29 is 8.42 Å². The van der Waals surface area contributed by atoms with E-state index < -0.39 is 9.84 Å². The Balaban J connectivity index is 2.00. The predicted molar refractivity (Wildman–Crippen MR) is 91.3 cm³/mol. The van der Waals surface area contributed by atoms with Crippen molar-refractivity contribution in [1.29, 1.82) is 5.26 Å². The summed E-state index contributed by atoms with van der Waals surface area (Å²) >= 11 is 0. The maximum Gasteiger partial charge on any atom is 0.228 e. The van der Waals surface area contributed by atoms with Crippen LogP contribution in [0.15, 0.2) is 29.4 Å². The molecule has 6 heteroatoms. The zero-order valence-electron chi connectivity index (χ0n) is 14.0. The van der Waals surface area contributed by atoms with Gasteiger partial charge in [-0.05, 0) is 44.4 Å². The first-order chi connectivity index (χ1) is 11.4. The lowest BCUT2D eigenvalue weighted by atomic mass is 10.2. The van der Waals surface area contributed by atoms with Gasteiger partial charge in [0.05, 0.1) is 23.1 Å². The van der Waals surface area contributed by atoms with Gasteiger partial charge in [-0.2, -0.15) is 5.26 Å². The van der Waals surface area contributed by atoms with Crippen LogP contribution >= 0.6 is 0 Å². The van der Waals surface area contributed by atoms with E-state index in [-0.39, 0.29) is 17.0 Å². The van der Waals surface area contributed by atoms with Gasteiger partial charge >= 0.3 is 0 Å². The topological polar surface area (TPSA) is 75.8 Å². The second kappa shape index (κ2) is 6.40. The highest BCUT2D eigenvalue weighted by atomic mass is 32.2. The second-order valence-corrected chi connectivity index (χ2v) is 8.33. The first kappa shape index (κ1) is 16.7. The molecule has 0 bridgehead atoms. The molecule has 126 valence electrons. The Morgan fingerprint density at radius 2 is 2.00 bits per heavy atom. The van der Waals surface area contributed by atoms with Crippen molar-refractivity contribution in [1.82, 2.24) is 9.55 Å². The Morgan fingerprint density at radius 3 is 2.67 bits per heavy atom. The molecular formula is C18H21N3O2S. The first-order valence-electron chi connectivity index (χ1n) is 8.19. The van der Waals surface area contributed by atoms with Gasteiger partial charge in [-0.15, -0.1) is 0 Å². The van der Waals surface area contributed by atoms with Gasteiger partial charge in [0.1, 0.15) is 0 Å². The molecular weight excluding hydrogens is 322 g/mol. The molecule has 0 unspecified atom stereocenters. The molecule has 0 N–H and O–H groups in total. The SMILES string of the molecule is Cc1nc(S(=O)(=O)Cc2cccc(C#N)c2)n(C2CCCC2)c1C. The van der Waals surface area contributed by atoms with Gasteiger partial charge in [0.15, 0.2) is 0 Å². The number of aryl methyl sites for hydroxylation is 1. The summed E-state index contributed by atoms with van der Waals surface area (Å²) in [5.41, 5.74) is 2.79. The summed E-state index contributed by atoms with van der Waals surface area (Å²) in [5, 5.41) is 9.16. The average molecular weight is 343 g/mol.